The molecule has 5 nitrogen and oxygen atoms in total. The molecule has 0 saturated heterocycles. The first kappa shape index (κ1) is 18.4. The van der Waals surface area contributed by atoms with Crippen LogP contribution >= 0.6 is 11.6 Å². The largest absolute Gasteiger partial charge is 0.506 e. The maximum Gasteiger partial charge on any atom is 0.254 e. The van der Waals surface area contributed by atoms with Gasteiger partial charge in [-0.15, -0.1) is 0 Å². The van der Waals surface area contributed by atoms with Gasteiger partial charge in [0.2, 0.25) is 0 Å². The van der Waals surface area contributed by atoms with Gasteiger partial charge in [0, 0.05) is 36.7 Å². The van der Waals surface area contributed by atoms with E-state index in [2.05, 4.69) is 9.88 Å². The number of phenols is 1. The van der Waals surface area contributed by atoms with E-state index in [1.807, 2.05) is 0 Å². The van der Waals surface area contributed by atoms with Gasteiger partial charge in [-0.1, -0.05) is 30.9 Å². The van der Waals surface area contributed by atoms with E-state index in [-0.39, 0.29) is 16.3 Å². The fourth-order valence-electron chi connectivity index (χ4n) is 4.20. The number of aromatic nitrogens is 2. The average Bonchev–Trinajstić information content (AvgIpc) is 2.66. The Bertz CT molecular complexity index is 909. The third-order valence-electron chi connectivity index (χ3n) is 5.66. The number of halogens is 2. The van der Waals surface area contributed by atoms with Gasteiger partial charge >= 0.3 is 0 Å². The number of rotatable bonds is 3. The van der Waals surface area contributed by atoms with Gasteiger partial charge in [-0.05, 0) is 31.4 Å². The molecule has 2 aliphatic rings. The third-order valence-corrected chi connectivity index (χ3v) is 5.95. The predicted molar refractivity (Wildman–Crippen MR) is 102 cm³/mol. The molecule has 1 aromatic heterocycles. The van der Waals surface area contributed by atoms with Crippen molar-refractivity contribution < 1.29 is 9.50 Å². The lowest BCUT2D eigenvalue weighted by atomic mass is 9.88. The number of hydrogen-bond donors (Lipinski definition) is 2. The Kier molecular flexibility index (Phi) is 5.19. The van der Waals surface area contributed by atoms with Crippen LogP contribution in [0.1, 0.15) is 60.7 Å². The molecule has 1 saturated carbocycles. The maximum absolute atomic E-state index is 13.6. The highest BCUT2D eigenvalue weighted by atomic mass is 35.5. The normalized spacial score (nSPS) is 18.4. The number of aromatic hydroxyl groups is 1. The molecule has 1 aromatic carbocycles. The Hall–Kier alpha value is -1.92. The van der Waals surface area contributed by atoms with Gasteiger partial charge in [0.05, 0.1) is 10.7 Å². The molecule has 0 radical (unpaired) electrons. The molecule has 1 fully saturated rings. The van der Waals surface area contributed by atoms with E-state index in [4.69, 9.17) is 16.6 Å². The quantitative estimate of drug-likeness (QED) is 0.833. The predicted octanol–water partition coefficient (Wildman–Crippen LogP) is 3.87. The van der Waals surface area contributed by atoms with Crippen LogP contribution in [0.4, 0.5) is 4.39 Å². The van der Waals surface area contributed by atoms with E-state index in [1.54, 1.807) is 0 Å². The highest BCUT2D eigenvalue weighted by Crippen LogP contribution is 2.32. The van der Waals surface area contributed by atoms with Gasteiger partial charge in [0.25, 0.3) is 5.56 Å². The molecule has 2 heterocycles. The Morgan fingerprint density at radius 3 is 2.85 bits per heavy atom. The van der Waals surface area contributed by atoms with E-state index in [0.29, 0.717) is 37.5 Å². The molecule has 0 bridgehead atoms. The fraction of sp³-hybridized carbons (Fsp3) is 0.500. The van der Waals surface area contributed by atoms with E-state index in [1.165, 1.54) is 25.3 Å². The molecule has 4 rings (SSSR count). The van der Waals surface area contributed by atoms with Crippen molar-refractivity contribution in [2.45, 2.75) is 57.5 Å². The summed E-state index contributed by atoms with van der Waals surface area (Å²) in [5.41, 5.74) is 1.96. The number of benzene rings is 1. The van der Waals surface area contributed by atoms with Gasteiger partial charge < -0.3 is 10.1 Å². The van der Waals surface area contributed by atoms with E-state index in [0.717, 1.165) is 36.0 Å². The van der Waals surface area contributed by atoms with Gasteiger partial charge in [-0.3, -0.25) is 9.69 Å². The molecular weight excluding hydrogens is 369 g/mol. The summed E-state index contributed by atoms with van der Waals surface area (Å²) in [7, 11) is 0. The third kappa shape index (κ3) is 3.87. The minimum absolute atomic E-state index is 0.0107. The number of aromatic amines is 1. The number of nitrogens with zero attached hydrogens (tertiary/aromatic N) is 2. The van der Waals surface area contributed by atoms with Crippen LogP contribution in [0.3, 0.4) is 0 Å². The van der Waals surface area contributed by atoms with Crippen molar-refractivity contribution in [2.75, 3.05) is 6.54 Å². The fourth-order valence-corrected chi connectivity index (χ4v) is 4.42. The standard InChI is InChI=1S/C20H23ClFN3O2/c21-16-9-14(22)8-13(18(16)26)10-25-7-6-15-17(11-25)23-19(24-20(15)27)12-4-2-1-3-5-12/h8-9,12,26H,1-7,10-11H2,(H,23,24,27). The summed E-state index contributed by atoms with van der Waals surface area (Å²) in [6.45, 7) is 1.51. The maximum atomic E-state index is 13.6. The molecule has 27 heavy (non-hydrogen) atoms. The van der Waals surface area contributed by atoms with Crippen molar-refractivity contribution in [2.24, 2.45) is 0 Å². The lowest BCUT2D eigenvalue weighted by molar-refractivity contribution is 0.236. The molecule has 0 unspecified atom stereocenters. The van der Waals surface area contributed by atoms with Gasteiger partial charge in [0.15, 0.2) is 0 Å². The first-order valence-corrected chi connectivity index (χ1v) is 9.90. The molecule has 0 spiro atoms. The number of hydrogen-bond acceptors (Lipinski definition) is 4. The topological polar surface area (TPSA) is 69.2 Å². The van der Waals surface area contributed by atoms with Crippen molar-refractivity contribution in [3.05, 3.63) is 56.0 Å². The second-order valence-electron chi connectivity index (χ2n) is 7.57. The highest BCUT2D eigenvalue weighted by Gasteiger charge is 2.25. The Morgan fingerprint density at radius 1 is 1.30 bits per heavy atom. The van der Waals surface area contributed by atoms with Crippen LogP contribution in [0, 0.1) is 5.82 Å². The van der Waals surface area contributed by atoms with Gasteiger partial charge in [-0.2, -0.15) is 0 Å². The summed E-state index contributed by atoms with van der Waals surface area (Å²) in [4.78, 5) is 22.4. The Balaban J connectivity index is 1.57. The van der Waals surface area contributed by atoms with Crippen LogP contribution in [0.5, 0.6) is 5.75 Å². The number of H-pyrrole nitrogens is 1. The van der Waals surface area contributed by atoms with Crippen molar-refractivity contribution in [1.82, 2.24) is 14.9 Å². The zero-order valence-corrected chi connectivity index (χ0v) is 15.9. The van der Waals surface area contributed by atoms with Crippen molar-refractivity contribution in [3.63, 3.8) is 0 Å². The zero-order chi connectivity index (χ0) is 19.0. The van der Waals surface area contributed by atoms with E-state index < -0.39 is 5.82 Å². The van der Waals surface area contributed by atoms with Crippen LogP contribution in [-0.4, -0.2) is 26.5 Å². The van der Waals surface area contributed by atoms with Crippen LogP contribution < -0.4 is 5.56 Å². The summed E-state index contributed by atoms with van der Waals surface area (Å²) < 4.78 is 13.6. The average molecular weight is 392 g/mol. The molecule has 0 atom stereocenters. The lowest BCUT2D eigenvalue weighted by Gasteiger charge is -2.29. The molecule has 144 valence electrons. The van der Waals surface area contributed by atoms with E-state index in [9.17, 15) is 14.3 Å². The summed E-state index contributed by atoms with van der Waals surface area (Å²) in [5.74, 6) is 0.570. The minimum Gasteiger partial charge on any atom is -0.506 e. The molecule has 7 heteroatoms. The van der Waals surface area contributed by atoms with Gasteiger partial charge in [-0.25, -0.2) is 9.37 Å². The van der Waals surface area contributed by atoms with Crippen molar-refractivity contribution in [3.8, 4) is 5.75 Å². The molecule has 0 amide bonds. The SMILES string of the molecule is O=c1[nH]c(C2CCCCC2)nc2c1CCN(Cc1cc(F)cc(Cl)c1O)C2. The first-order chi connectivity index (χ1) is 13.0. The summed E-state index contributed by atoms with van der Waals surface area (Å²) >= 11 is 5.88. The minimum atomic E-state index is -0.473. The molecule has 1 aliphatic carbocycles. The molecular formula is C20H23ClFN3O2. The highest BCUT2D eigenvalue weighted by molar-refractivity contribution is 6.32. The van der Waals surface area contributed by atoms with Gasteiger partial charge in [0.1, 0.15) is 17.4 Å². The van der Waals surface area contributed by atoms with Crippen LogP contribution in [0.15, 0.2) is 16.9 Å². The van der Waals surface area contributed by atoms with Crippen LogP contribution in [0.25, 0.3) is 0 Å². The second kappa shape index (κ2) is 7.60. The smallest absolute Gasteiger partial charge is 0.254 e. The lowest BCUT2D eigenvalue weighted by Crippen LogP contribution is -2.35. The zero-order valence-electron chi connectivity index (χ0n) is 15.1. The van der Waals surface area contributed by atoms with Crippen LogP contribution in [-0.2, 0) is 19.5 Å². The Morgan fingerprint density at radius 2 is 2.07 bits per heavy atom. The Labute approximate surface area is 162 Å². The summed E-state index contributed by atoms with van der Waals surface area (Å²) in [5, 5.41) is 10.1. The number of phenolic OH excluding ortho intramolecular Hbond substituents is 1. The monoisotopic (exact) mass is 391 g/mol. The van der Waals surface area contributed by atoms with Crippen molar-refractivity contribution in [1.29, 1.82) is 0 Å². The number of nitrogens with one attached hydrogen (secondary N) is 1. The molecule has 2 N–H and O–H groups in total. The number of fused-ring (bicyclic) bond motifs is 1. The second-order valence-corrected chi connectivity index (χ2v) is 7.97. The first-order valence-electron chi connectivity index (χ1n) is 9.52. The van der Waals surface area contributed by atoms with E-state index >= 15 is 0 Å². The molecule has 2 aromatic rings. The van der Waals surface area contributed by atoms with Crippen molar-refractivity contribution >= 4 is 11.6 Å². The summed E-state index contributed by atoms with van der Waals surface area (Å²) in [6.07, 6.45) is 6.34. The molecule has 1 aliphatic heterocycles. The summed E-state index contributed by atoms with van der Waals surface area (Å²) in [6, 6.07) is 2.40. The van der Waals surface area contributed by atoms with Crippen LogP contribution in [0.2, 0.25) is 5.02 Å².